The van der Waals surface area contributed by atoms with E-state index in [4.69, 9.17) is 4.74 Å². The molecule has 1 aliphatic carbocycles. The molecule has 2 heterocycles. The van der Waals surface area contributed by atoms with Crippen molar-refractivity contribution in [2.45, 2.75) is 75.3 Å². The molecule has 2 unspecified atom stereocenters. The zero-order valence-corrected chi connectivity index (χ0v) is 15.8. The monoisotopic (exact) mass is 395 g/mol. The predicted molar refractivity (Wildman–Crippen MR) is 90.0 cm³/mol. The molecule has 0 radical (unpaired) electrons. The maximum Gasteiger partial charge on any atom is 0.361 e. The van der Waals surface area contributed by atoms with Crippen LogP contribution in [0.2, 0.25) is 0 Å². The van der Waals surface area contributed by atoms with Gasteiger partial charge in [0.2, 0.25) is 0 Å². The minimum absolute atomic E-state index is 0.0224. The third-order valence-corrected chi connectivity index (χ3v) is 7.12. The Balaban J connectivity index is 1.68. The number of halogens is 2. The van der Waals surface area contributed by atoms with Crippen molar-refractivity contribution in [3.63, 3.8) is 0 Å². The maximum atomic E-state index is 12.6. The summed E-state index contributed by atoms with van der Waals surface area (Å²) in [7, 11) is -2.96. The van der Waals surface area contributed by atoms with Crippen LogP contribution in [0.5, 0.6) is 0 Å². The fraction of sp³-hybridized carbons (Fsp3) is 0.941. The number of hydrogen-bond acceptors (Lipinski definition) is 6. The SMILES string of the molecule is CN1C2CC[C@@H]1C[C@H](OC(=O)C1CCCCC1)C2COS(=O)(=O)C(F)F. The van der Waals surface area contributed by atoms with Gasteiger partial charge in [-0.1, -0.05) is 19.3 Å². The predicted octanol–water partition coefficient (Wildman–Crippen LogP) is 2.53. The van der Waals surface area contributed by atoms with Crippen LogP contribution >= 0.6 is 0 Å². The van der Waals surface area contributed by atoms with E-state index in [1.165, 1.54) is 0 Å². The minimum Gasteiger partial charge on any atom is -0.462 e. The lowest BCUT2D eigenvalue weighted by Crippen LogP contribution is -2.52. The highest BCUT2D eigenvalue weighted by molar-refractivity contribution is 7.87. The second kappa shape index (κ2) is 8.06. The molecule has 4 atom stereocenters. The Labute approximate surface area is 153 Å². The van der Waals surface area contributed by atoms with Crippen molar-refractivity contribution in [2.75, 3.05) is 13.7 Å². The number of hydrogen-bond donors (Lipinski definition) is 0. The third kappa shape index (κ3) is 4.20. The first-order chi connectivity index (χ1) is 12.3. The van der Waals surface area contributed by atoms with E-state index in [1.54, 1.807) is 0 Å². The largest absolute Gasteiger partial charge is 0.462 e. The molecule has 3 aliphatic rings. The highest BCUT2D eigenvalue weighted by Gasteiger charge is 2.48. The number of piperidine rings is 1. The standard InChI is InChI=1S/C17H27F2NO5S/c1-20-12-7-8-14(20)13(10-24-26(22,23)17(18)19)15(9-12)25-16(21)11-5-3-2-4-6-11/h11-15,17H,2-10H2,1H3/t12-,13?,14?,15+/m1/s1. The van der Waals surface area contributed by atoms with Crippen molar-refractivity contribution in [1.29, 1.82) is 0 Å². The summed E-state index contributed by atoms with van der Waals surface area (Å²) < 4.78 is 58.2. The zero-order chi connectivity index (χ0) is 18.9. The quantitative estimate of drug-likeness (QED) is 0.508. The number of rotatable bonds is 6. The molecule has 9 heteroatoms. The molecule has 3 fully saturated rings. The maximum absolute atomic E-state index is 12.6. The summed E-state index contributed by atoms with van der Waals surface area (Å²) in [5, 5.41) is 0. The first kappa shape index (κ1) is 19.9. The van der Waals surface area contributed by atoms with E-state index in [1.807, 2.05) is 7.05 Å². The van der Waals surface area contributed by atoms with Gasteiger partial charge >= 0.3 is 21.8 Å². The second-order valence-electron chi connectivity index (χ2n) is 7.71. The summed E-state index contributed by atoms with van der Waals surface area (Å²) >= 11 is 0. The Morgan fingerprint density at radius 3 is 2.50 bits per heavy atom. The van der Waals surface area contributed by atoms with Crippen LogP contribution < -0.4 is 0 Å². The molecule has 0 aromatic carbocycles. The van der Waals surface area contributed by atoms with Gasteiger partial charge in [0.05, 0.1) is 12.5 Å². The molecule has 6 nitrogen and oxygen atoms in total. The topological polar surface area (TPSA) is 72.9 Å². The van der Waals surface area contributed by atoms with Gasteiger partial charge in [0.15, 0.2) is 0 Å². The summed E-state index contributed by atoms with van der Waals surface area (Å²) in [6.45, 7) is -0.378. The van der Waals surface area contributed by atoms with Crippen LogP contribution in [0.4, 0.5) is 8.78 Å². The molecule has 0 N–H and O–H groups in total. The van der Waals surface area contributed by atoms with E-state index in [-0.39, 0.29) is 30.6 Å². The highest BCUT2D eigenvalue weighted by atomic mass is 32.2. The van der Waals surface area contributed by atoms with Crippen LogP contribution in [0.15, 0.2) is 0 Å². The van der Waals surface area contributed by atoms with Crippen molar-refractivity contribution in [3.8, 4) is 0 Å². The van der Waals surface area contributed by atoms with Crippen LogP contribution in [0.1, 0.15) is 51.4 Å². The Morgan fingerprint density at radius 2 is 1.85 bits per heavy atom. The number of alkyl halides is 2. The molecular weight excluding hydrogens is 368 g/mol. The normalized spacial score (nSPS) is 33.5. The fourth-order valence-corrected chi connectivity index (χ4v) is 5.14. The van der Waals surface area contributed by atoms with Gasteiger partial charge < -0.3 is 4.74 Å². The summed E-state index contributed by atoms with van der Waals surface area (Å²) in [5.41, 5.74) is 0. The van der Waals surface area contributed by atoms with Crippen LogP contribution in [-0.4, -0.2) is 56.9 Å². The molecule has 2 aliphatic heterocycles. The van der Waals surface area contributed by atoms with E-state index in [2.05, 4.69) is 9.08 Å². The fourth-order valence-electron chi connectivity index (χ4n) is 4.69. The Bertz CT molecular complexity index is 608. The van der Waals surface area contributed by atoms with Gasteiger partial charge in [-0.15, -0.1) is 0 Å². The second-order valence-corrected chi connectivity index (χ2v) is 9.29. The summed E-state index contributed by atoms with van der Waals surface area (Å²) in [6, 6.07) is 0.248. The Hall–Kier alpha value is -0.800. The zero-order valence-electron chi connectivity index (χ0n) is 15.0. The Kier molecular flexibility index (Phi) is 6.18. The van der Waals surface area contributed by atoms with Gasteiger partial charge in [0, 0.05) is 24.4 Å². The lowest BCUT2D eigenvalue weighted by Gasteiger charge is -2.42. The molecule has 150 valence electrons. The van der Waals surface area contributed by atoms with E-state index in [0.717, 1.165) is 44.9 Å². The first-order valence-corrected chi connectivity index (χ1v) is 10.9. The number of fused-ring (bicyclic) bond motifs is 2. The van der Waals surface area contributed by atoms with Crippen molar-refractivity contribution >= 4 is 16.1 Å². The van der Waals surface area contributed by atoms with Crippen molar-refractivity contribution < 1.29 is 30.9 Å². The molecule has 2 bridgehead atoms. The molecule has 26 heavy (non-hydrogen) atoms. The van der Waals surface area contributed by atoms with Gasteiger partial charge in [-0.3, -0.25) is 13.9 Å². The lowest BCUT2D eigenvalue weighted by atomic mass is 9.87. The van der Waals surface area contributed by atoms with Crippen molar-refractivity contribution in [3.05, 3.63) is 0 Å². The molecule has 0 aromatic rings. The van der Waals surface area contributed by atoms with Gasteiger partial charge in [0.1, 0.15) is 6.10 Å². The van der Waals surface area contributed by atoms with Crippen molar-refractivity contribution in [2.24, 2.45) is 11.8 Å². The number of esters is 1. The summed E-state index contributed by atoms with van der Waals surface area (Å²) in [4.78, 5) is 14.7. The van der Waals surface area contributed by atoms with Crippen LogP contribution in [0.3, 0.4) is 0 Å². The van der Waals surface area contributed by atoms with Crippen molar-refractivity contribution in [1.82, 2.24) is 4.90 Å². The van der Waals surface area contributed by atoms with Gasteiger partial charge in [-0.25, -0.2) is 0 Å². The van der Waals surface area contributed by atoms with E-state index >= 15 is 0 Å². The Morgan fingerprint density at radius 1 is 1.15 bits per heavy atom. The van der Waals surface area contributed by atoms with E-state index < -0.39 is 27.9 Å². The summed E-state index contributed by atoms with van der Waals surface area (Å²) in [6.07, 6.45) is 6.65. The molecular formula is C17H27F2NO5S. The van der Waals surface area contributed by atoms with Gasteiger partial charge in [0.25, 0.3) is 0 Å². The number of carbonyl (C=O) groups is 1. The minimum atomic E-state index is -4.90. The van der Waals surface area contributed by atoms with Gasteiger partial charge in [-0.05, 0) is 32.7 Å². The molecule has 0 spiro atoms. The molecule has 2 saturated heterocycles. The van der Waals surface area contributed by atoms with E-state index in [9.17, 15) is 22.0 Å². The van der Waals surface area contributed by atoms with Crippen LogP contribution in [0.25, 0.3) is 0 Å². The lowest BCUT2D eigenvalue weighted by molar-refractivity contribution is -0.164. The molecule has 3 rings (SSSR count). The first-order valence-electron chi connectivity index (χ1n) is 9.38. The third-order valence-electron chi connectivity index (χ3n) is 6.22. The average molecular weight is 395 g/mol. The van der Waals surface area contributed by atoms with Gasteiger partial charge in [-0.2, -0.15) is 17.2 Å². The number of ether oxygens (including phenoxy) is 1. The number of nitrogens with zero attached hydrogens (tertiary/aromatic N) is 1. The van der Waals surface area contributed by atoms with Crippen LogP contribution in [0, 0.1) is 11.8 Å². The average Bonchev–Trinajstić information content (AvgIpc) is 2.86. The highest BCUT2D eigenvalue weighted by Crippen LogP contribution is 2.40. The smallest absolute Gasteiger partial charge is 0.361 e. The molecule has 0 amide bonds. The van der Waals surface area contributed by atoms with Crippen LogP contribution in [-0.2, 0) is 23.8 Å². The summed E-state index contributed by atoms with van der Waals surface area (Å²) in [5.74, 6) is -4.32. The van der Waals surface area contributed by atoms with E-state index in [0.29, 0.717) is 6.42 Å². The number of carbonyl (C=O) groups excluding carboxylic acids is 1. The molecule has 1 saturated carbocycles. The molecule has 0 aromatic heterocycles.